The molecule has 0 aliphatic carbocycles. The van der Waals surface area contributed by atoms with E-state index >= 15 is 0 Å². The molecule has 0 saturated heterocycles. The first-order valence-corrected chi connectivity index (χ1v) is 10.8. The van der Waals surface area contributed by atoms with Crippen molar-refractivity contribution in [2.75, 3.05) is 0 Å². The van der Waals surface area contributed by atoms with Crippen LogP contribution in [0.3, 0.4) is 0 Å². The van der Waals surface area contributed by atoms with E-state index in [-0.39, 0.29) is 0 Å². The van der Waals surface area contributed by atoms with Gasteiger partial charge in [-0.15, -0.1) is 21.5 Å². The molecule has 3 rings (SSSR count). The highest BCUT2D eigenvalue weighted by atomic mass is 35.5. The summed E-state index contributed by atoms with van der Waals surface area (Å²) in [4.78, 5) is 1.41. The highest BCUT2D eigenvalue weighted by molar-refractivity contribution is 7.98. The lowest BCUT2D eigenvalue weighted by molar-refractivity contribution is 0.626. The molecule has 2 heterocycles. The van der Waals surface area contributed by atoms with Crippen LogP contribution in [0.1, 0.15) is 37.1 Å². The third kappa shape index (κ3) is 4.66. The molecule has 3 nitrogen and oxygen atoms in total. The van der Waals surface area contributed by atoms with E-state index in [4.69, 9.17) is 11.6 Å². The van der Waals surface area contributed by atoms with E-state index in [1.807, 2.05) is 29.5 Å². The lowest BCUT2D eigenvalue weighted by Crippen LogP contribution is -2.01. The van der Waals surface area contributed by atoms with E-state index in [1.54, 1.807) is 11.8 Å². The zero-order chi connectivity index (χ0) is 17.6. The zero-order valence-corrected chi connectivity index (χ0v) is 16.9. The van der Waals surface area contributed by atoms with Gasteiger partial charge in [-0.05, 0) is 36.6 Å². The second-order valence-corrected chi connectivity index (χ2v) is 8.30. The van der Waals surface area contributed by atoms with Crippen LogP contribution in [0.25, 0.3) is 11.4 Å². The van der Waals surface area contributed by atoms with Gasteiger partial charge in [-0.25, -0.2) is 0 Å². The maximum atomic E-state index is 6.08. The van der Waals surface area contributed by atoms with Crippen LogP contribution >= 0.6 is 34.7 Å². The number of thiophene rings is 1. The van der Waals surface area contributed by atoms with E-state index in [1.165, 1.54) is 22.4 Å². The number of aryl methyl sites for hydroxylation is 1. The summed E-state index contributed by atoms with van der Waals surface area (Å²) in [6, 6.07) is 10.2. The number of nitrogens with zero attached hydrogens (tertiary/aromatic N) is 3. The fraction of sp³-hybridized carbons (Fsp3) is 0.368. The Bertz CT molecular complexity index is 826. The van der Waals surface area contributed by atoms with Crippen LogP contribution in [0, 0.1) is 0 Å². The summed E-state index contributed by atoms with van der Waals surface area (Å²) in [7, 11) is 0. The maximum Gasteiger partial charge on any atom is 0.191 e. The fourth-order valence-corrected chi connectivity index (χ4v) is 4.77. The van der Waals surface area contributed by atoms with Crippen molar-refractivity contribution in [3.05, 3.63) is 51.2 Å². The van der Waals surface area contributed by atoms with Crippen molar-refractivity contribution in [3.8, 4) is 11.4 Å². The molecule has 0 atom stereocenters. The monoisotopic (exact) mass is 391 g/mol. The molecule has 0 fully saturated rings. The van der Waals surface area contributed by atoms with Crippen LogP contribution in [-0.4, -0.2) is 14.8 Å². The van der Waals surface area contributed by atoms with Gasteiger partial charge < -0.3 is 4.57 Å². The Labute approximate surface area is 162 Å². The number of rotatable bonds is 8. The van der Waals surface area contributed by atoms with Gasteiger partial charge in [0.2, 0.25) is 0 Å². The van der Waals surface area contributed by atoms with Gasteiger partial charge in [0.25, 0.3) is 0 Å². The third-order valence-corrected chi connectivity index (χ3v) is 6.10. The zero-order valence-electron chi connectivity index (χ0n) is 14.5. The SMILES string of the molecule is CCCc1cc(-c2nnc(SCc3cccc(Cl)c3)n2CCC)cs1. The minimum absolute atomic E-state index is 0.774. The standard InChI is InChI=1S/C19H22ClN3S2/c1-3-6-17-11-15(13-24-17)18-21-22-19(23(18)9-4-2)25-12-14-7-5-8-16(20)10-14/h5,7-8,10-11,13H,3-4,6,9,12H2,1-2H3. The molecule has 3 aromatic rings. The van der Waals surface area contributed by atoms with Gasteiger partial charge in [0.05, 0.1) is 0 Å². The normalized spacial score (nSPS) is 11.2. The molecule has 0 aliphatic rings. The third-order valence-electron chi connectivity index (χ3n) is 3.83. The van der Waals surface area contributed by atoms with Crippen molar-refractivity contribution >= 4 is 34.7 Å². The number of hydrogen-bond acceptors (Lipinski definition) is 4. The first-order chi connectivity index (χ1) is 12.2. The first kappa shape index (κ1) is 18.5. The topological polar surface area (TPSA) is 30.7 Å². The predicted octanol–water partition coefficient (Wildman–Crippen LogP) is 6.31. The van der Waals surface area contributed by atoms with Crippen molar-refractivity contribution in [1.82, 2.24) is 14.8 Å². The Morgan fingerprint density at radius 2 is 2.04 bits per heavy atom. The highest BCUT2D eigenvalue weighted by Gasteiger charge is 2.15. The molecule has 0 aliphatic heterocycles. The molecule has 132 valence electrons. The average molecular weight is 392 g/mol. The number of aromatic nitrogens is 3. The van der Waals surface area contributed by atoms with Gasteiger partial charge in [0.1, 0.15) is 0 Å². The molecule has 1 aromatic carbocycles. The number of benzene rings is 1. The van der Waals surface area contributed by atoms with E-state index < -0.39 is 0 Å². The summed E-state index contributed by atoms with van der Waals surface area (Å²) in [5, 5.41) is 12.9. The first-order valence-electron chi connectivity index (χ1n) is 8.59. The minimum Gasteiger partial charge on any atom is -0.302 e. The molecule has 0 amide bonds. The Morgan fingerprint density at radius 1 is 1.16 bits per heavy atom. The quantitative estimate of drug-likeness (QED) is 0.421. The van der Waals surface area contributed by atoms with Crippen LogP contribution in [0.2, 0.25) is 5.02 Å². The van der Waals surface area contributed by atoms with Gasteiger partial charge in [0.15, 0.2) is 11.0 Å². The van der Waals surface area contributed by atoms with Crippen molar-refractivity contribution < 1.29 is 0 Å². The Kier molecular flexibility index (Phi) is 6.57. The Balaban J connectivity index is 1.81. The Hall–Kier alpha value is -1.30. The lowest BCUT2D eigenvalue weighted by Gasteiger charge is -2.08. The van der Waals surface area contributed by atoms with Crippen LogP contribution < -0.4 is 0 Å². The summed E-state index contributed by atoms with van der Waals surface area (Å²) in [6.45, 7) is 5.33. The molecule has 0 N–H and O–H groups in total. The van der Waals surface area contributed by atoms with Crippen LogP contribution in [-0.2, 0) is 18.7 Å². The van der Waals surface area contributed by atoms with E-state index in [9.17, 15) is 0 Å². The number of hydrogen-bond donors (Lipinski definition) is 0. The summed E-state index contributed by atoms with van der Waals surface area (Å²) in [6.07, 6.45) is 3.35. The molecular weight excluding hydrogens is 370 g/mol. The van der Waals surface area contributed by atoms with Crippen molar-refractivity contribution in [3.63, 3.8) is 0 Å². The van der Waals surface area contributed by atoms with Crippen LogP contribution in [0.5, 0.6) is 0 Å². The molecule has 0 unspecified atom stereocenters. The van der Waals surface area contributed by atoms with Gasteiger partial charge in [-0.1, -0.05) is 55.8 Å². The average Bonchev–Trinajstić information content (AvgIpc) is 3.21. The van der Waals surface area contributed by atoms with E-state index in [0.717, 1.165) is 41.1 Å². The Morgan fingerprint density at radius 3 is 2.80 bits per heavy atom. The van der Waals surface area contributed by atoms with Crippen molar-refractivity contribution in [2.24, 2.45) is 0 Å². The molecule has 2 aromatic heterocycles. The lowest BCUT2D eigenvalue weighted by atomic mass is 10.2. The number of halogens is 1. The fourth-order valence-electron chi connectivity index (χ4n) is 2.68. The number of thioether (sulfide) groups is 1. The summed E-state index contributed by atoms with van der Waals surface area (Å²) < 4.78 is 2.24. The second-order valence-electron chi connectivity index (χ2n) is 5.93. The van der Waals surface area contributed by atoms with Crippen molar-refractivity contribution in [1.29, 1.82) is 0 Å². The minimum atomic E-state index is 0.774. The molecular formula is C19H22ClN3S2. The largest absolute Gasteiger partial charge is 0.302 e. The highest BCUT2D eigenvalue weighted by Crippen LogP contribution is 2.30. The molecule has 0 saturated carbocycles. The smallest absolute Gasteiger partial charge is 0.191 e. The maximum absolute atomic E-state index is 6.08. The summed E-state index contributed by atoms with van der Waals surface area (Å²) in [5.74, 6) is 1.82. The van der Waals surface area contributed by atoms with Gasteiger partial charge >= 0.3 is 0 Å². The van der Waals surface area contributed by atoms with Gasteiger partial charge in [0, 0.05) is 33.1 Å². The predicted molar refractivity (Wildman–Crippen MR) is 109 cm³/mol. The summed E-state index contributed by atoms with van der Waals surface area (Å²) in [5.41, 5.74) is 2.38. The van der Waals surface area contributed by atoms with E-state index in [0.29, 0.717) is 0 Å². The summed E-state index contributed by atoms with van der Waals surface area (Å²) >= 11 is 9.61. The van der Waals surface area contributed by atoms with E-state index in [2.05, 4.69) is 46.1 Å². The molecule has 0 bridgehead atoms. The van der Waals surface area contributed by atoms with Gasteiger partial charge in [-0.3, -0.25) is 0 Å². The molecule has 6 heteroatoms. The second kappa shape index (κ2) is 8.88. The molecule has 25 heavy (non-hydrogen) atoms. The van der Waals surface area contributed by atoms with Crippen LogP contribution in [0.15, 0.2) is 40.9 Å². The molecule has 0 spiro atoms. The van der Waals surface area contributed by atoms with Gasteiger partial charge in [-0.2, -0.15) is 0 Å². The van der Waals surface area contributed by atoms with Crippen LogP contribution in [0.4, 0.5) is 0 Å². The van der Waals surface area contributed by atoms with Crippen molar-refractivity contribution in [2.45, 2.75) is 50.6 Å². The molecule has 0 radical (unpaired) electrons.